The zero-order valence-electron chi connectivity index (χ0n) is 12.4. The van der Waals surface area contributed by atoms with Gasteiger partial charge in [0.15, 0.2) is 0 Å². The van der Waals surface area contributed by atoms with Crippen LogP contribution < -0.4 is 10.1 Å². The molecular formula is C16H16N4O2. The summed E-state index contributed by atoms with van der Waals surface area (Å²) in [5.41, 5.74) is 1.10. The molecule has 6 nitrogen and oxygen atoms in total. The molecule has 1 N–H and O–H groups in total. The average molecular weight is 296 g/mol. The van der Waals surface area contributed by atoms with Gasteiger partial charge in [-0.1, -0.05) is 12.1 Å². The first-order chi connectivity index (χ1) is 10.7. The van der Waals surface area contributed by atoms with Crippen LogP contribution in [-0.2, 0) is 0 Å². The van der Waals surface area contributed by atoms with Crippen LogP contribution in [0, 0.1) is 11.3 Å². The quantitative estimate of drug-likeness (QED) is 0.857. The number of methoxy groups -OCH3 is 1. The Hall–Kier alpha value is -3.07. The zero-order valence-corrected chi connectivity index (χ0v) is 12.4. The lowest BCUT2D eigenvalue weighted by Crippen LogP contribution is -2.27. The Balaban J connectivity index is 2.33. The molecule has 2 aromatic rings. The normalized spacial score (nSPS) is 9.68. The Morgan fingerprint density at radius 3 is 2.86 bits per heavy atom. The van der Waals surface area contributed by atoms with Crippen LogP contribution in [0.4, 0.5) is 11.5 Å². The number of hydrogen-bond acceptors (Lipinski definition) is 5. The van der Waals surface area contributed by atoms with Gasteiger partial charge in [0.05, 0.1) is 24.4 Å². The molecule has 0 atom stereocenters. The van der Waals surface area contributed by atoms with E-state index in [1.807, 2.05) is 30.3 Å². The smallest absolute Gasteiger partial charge is 0.258 e. The van der Waals surface area contributed by atoms with E-state index in [2.05, 4.69) is 10.3 Å². The number of nitriles is 1. The van der Waals surface area contributed by atoms with Gasteiger partial charge in [0, 0.05) is 13.2 Å². The molecule has 1 aromatic heterocycles. The number of aromatic nitrogens is 1. The first kappa shape index (κ1) is 15.3. The number of nitrogens with zero attached hydrogens (tertiary/aromatic N) is 3. The molecule has 0 aliphatic heterocycles. The highest BCUT2D eigenvalue weighted by molar-refractivity contribution is 5.99. The van der Waals surface area contributed by atoms with Gasteiger partial charge in [0.25, 0.3) is 5.91 Å². The molecule has 0 spiro atoms. The van der Waals surface area contributed by atoms with Gasteiger partial charge < -0.3 is 15.0 Å². The molecule has 0 saturated heterocycles. The fourth-order valence-electron chi connectivity index (χ4n) is 1.94. The minimum absolute atomic E-state index is 0.0157. The molecular weight excluding hydrogens is 280 g/mol. The number of pyridine rings is 1. The van der Waals surface area contributed by atoms with Crippen LogP contribution in [0.1, 0.15) is 10.4 Å². The zero-order chi connectivity index (χ0) is 15.9. The van der Waals surface area contributed by atoms with E-state index in [0.29, 0.717) is 22.8 Å². The molecule has 1 aromatic carbocycles. The monoisotopic (exact) mass is 296 g/mol. The number of nitrogens with one attached hydrogen (secondary N) is 1. The van der Waals surface area contributed by atoms with Crippen molar-refractivity contribution in [1.82, 2.24) is 9.88 Å². The van der Waals surface area contributed by atoms with E-state index in [4.69, 9.17) is 10.00 Å². The maximum atomic E-state index is 12.4. The SMILES string of the molecule is COc1ccccc1Nc1ncccc1C(=O)N(C)CC#N. The van der Waals surface area contributed by atoms with E-state index in [1.54, 1.807) is 32.5 Å². The number of benzene rings is 1. The Bertz CT molecular complexity index is 709. The van der Waals surface area contributed by atoms with Crippen LogP contribution in [0.5, 0.6) is 5.75 Å². The Morgan fingerprint density at radius 1 is 1.36 bits per heavy atom. The van der Waals surface area contributed by atoms with Crippen LogP contribution in [0.3, 0.4) is 0 Å². The lowest BCUT2D eigenvalue weighted by atomic mass is 10.2. The van der Waals surface area contributed by atoms with Crippen molar-refractivity contribution in [2.75, 3.05) is 26.0 Å². The molecule has 0 aliphatic carbocycles. The Labute approximate surface area is 129 Å². The number of para-hydroxylation sites is 2. The van der Waals surface area contributed by atoms with E-state index in [0.717, 1.165) is 0 Å². The van der Waals surface area contributed by atoms with Gasteiger partial charge in [-0.25, -0.2) is 4.98 Å². The number of amides is 1. The van der Waals surface area contributed by atoms with E-state index < -0.39 is 0 Å². The minimum Gasteiger partial charge on any atom is -0.495 e. The molecule has 22 heavy (non-hydrogen) atoms. The van der Waals surface area contributed by atoms with Crippen molar-refractivity contribution in [3.05, 3.63) is 48.2 Å². The summed E-state index contributed by atoms with van der Waals surface area (Å²) < 4.78 is 5.28. The van der Waals surface area contributed by atoms with Gasteiger partial charge in [0.2, 0.25) is 0 Å². The molecule has 2 rings (SSSR count). The summed E-state index contributed by atoms with van der Waals surface area (Å²) in [7, 11) is 3.15. The molecule has 0 saturated carbocycles. The summed E-state index contributed by atoms with van der Waals surface area (Å²) in [6, 6.07) is 12.7. The van der Waals surface area contributed by atoms with Gasteiger partial charge in [-0.05, 0) is 24.3 Å². The number of anilines is 2. The van der Waals surface area contributed by atoms with Crippen LogP contribution in [0.25, 0.3) is 0 Å². The Morgan fingerprint density at radius 2 is 2.14 bits per heavy atom. The van der Waals surface area contributed by atoms with Gasteiger partial charge in [-0.2, -0.15) is 5.26 Å². The van der Waals surface area contributed by atoms with E-state index in [-0.39, 0.29) is 12.5 Å². The van der Waals surface area contributed by atoms with Crippen LogP contribution in [-0.4, -0.2) is 36.5 Å². The first-order valence-corrected chi connectivity index (χ1v) is 6.65. The molecule has 112 valence electrons. The van der Waals surface area contributed by atoms with E-state index in [9.17, 15) is 4.79 Å². The molecule has 0 radical (unpaired) electrons. The number of rotatable bonds is 5. The summed E-state index contributed by atoms with van der Waals surface area (Å²) in [5, 5.41) is 11.8. The summed E-state index contributed by atoms with van der Waals surface area (Å²) in [4.78, 5) is 17.9. The topological polar surface area (TPSA) is 78.2 Å². The predicted octanol–water partition coefficient (Wildman–Crippen LogP) is 2.43. The maximum absolute atomic E-state index is 12.4. The predicted molar refractivity (Wildman–Crippen MR) is 83.1 cm³/mol. The summed E-state index contributed by atoms with van der Waals surface area (Å²) >= 11 is 0. The minimum atomic E-state index is -0.271. The molecule has 1 heterocycles. The number of carbonyl (C=O) groups excluding carboxylic acids is 1. The van der Waals surface area contributed by atoms with Crippen molar-refractivity contribution in [2.45, 2.75) is 0 Å². The largest absolute Gasteiger partial charge is 0.495 e. The highest BCUT2D eigenvalue weighted by atomic mass is 16.5. The number of carbonyl (C=O) groups is 1. The van der Waals surface area contributed by atoms with Crippen LogP contribution in [0.15, 0.2) is 42.6 Å². The van der Waals surface area contributed by atoms with Crippen molar-refractivity contribution >= 4 is 17.4 Å². The van der Waals surface area contributed by atoms with Gasteiger partial charge >= 0.3 is 0 Å². The van der Waals surface area contributed by atoms with Gasteiger partial charge in [-0.3, -0.25) is 4.79 Å². The van der Waals surface area contributed by atoms with Crippen molar-refractivity contribution in [2.24, 2.45) is 0 Å². The van der Waals surface area contributed by atoms with Crippen molar-refractivity contribution in [1.29, 1.82) is 5.26 Å². The third-order valence-electron chi connectivity index (χ3n) is 3.05. The van der Waals surface area contributed by atoms with Crippen LogP contribution >= 0.6 is 0 Å². The molecule has 1 amide bonds. The lowest BCUT2D eigenvalue weighted by molar-refractivity contribution is 0.0812. The molecule has 0 fully saturated rings. The fourth-order valence-corrected chi connectivity index (χ4v) is 1.94. The molecule has 0 aliphatic rings. The average Bonchev–Trinajstić information content (AvgIpc) is 2.55. The van der Waals surface area contributed by atoms with Gasteiger partial charge in [0.1, 0.15) is 18.1 Å². The summed E-state index contributed by atoms with van der Waals surface area (Å²) in [5.74, 6) is 0.797. The fraction of sp³-hybridized carbons (Fsp3) is 0.188. The third kappa shape index (κ3) is 3.33. The van der Waals surface area contributed by atoms with Crippen LogP contribution in [0.2, 0.25) is 0 Å². The molecule has 0 unspecified atom stereocenters. The lowest BCUT2D eigenvalue weighted by Gasteiger charge is -2.17. The second kappa shape index (κ2) is 7.09. The standard InChI is InChI=1S/C16H16N4O2/c1-20(11-9-17)16(21)12-6-5-10-18-15(12)19-13-7-3-4-8-14(13)22-2/h3-8,10H,11H2,1-2H3,(H,18,19). The van der Waals surface area contributed by atoms with Gasteiger partial charge in [-0.15, -0.1) is 0 Å². The van der Waals surface area contributed by atoms with E-state index in [1.165, 1.54) is 4.90 Å². The maximum Gasteiger partial charge on any atom is 0.258 e. The second-order valence-corrected chi connectivity index (χ2v) is 4.54. The van der Waals surface area contributed by atoms with E-state index >= 15 is 0 Å². The second-order valence-electron chi connectivity index (χ2n) is 4.54. The highest BCUT2D eigenvalue weighted by Gasteiger charge is 2.17. The number of ether oxygens (including phenoxy) is 1. The van der Waals surface area contributed by atoms with Crippen molar-refractivity contribution < 1.29 is 9.53 Å². The summed E-state index contributed by atoms with van der Waals surface area (Å²) in [6.45, 7) is 0.0157. The first-order valence-electron chi connectivity index (χ1n) is 6.65. The number of hydrogen-bond donors (Lipinski definition) is 1. The molecule has 0 bridgehead atoms. The molecule has 6 heteroatoms. The van der Waals surface area contributed by atoms with Crippen molar-refractivity contribution in [3.63, 3.8) is 0 Å². The Kier molecular flexibility index (Phi) is 4.94. The summed E-state index contributed by atoms with van der Waals surface area (Å²) in [6.07, 6.45) is 1.60. The highest BCUT2D eigenvalue weighted by Crippen LogP contribution is 2.27. The third-order valence-corrected chi connectivity index (χ3v) is 3.05. The van der Waals surface area contributed by atoms with Crippen molar-refractivity contribution in [3.8, 4) is 11.8 Å².